The lowest BCUT2D eigenvalue weighted by Crippen LogP contribution is -2.52. The Labute approximate surface area is 184 Å². The molecule has 3 N–H and O–H groups in total. The number of amides is 1. The molecule has 2 aromatic heterocycles. The van der Waals surface area contributed by atoms with Gasteiger partial charge < -0.3 is 30.2 Å². The van der Waals surface area contributed by atoms with Crippen LogP contribution in [0.5, 0.6) is 11.5 Å². The third-order valence-corrected chi connectivity index (χ3v) is 6.15. The van der Waals surface area contributed by atoms with Gasteiger partial charge in [0.05, 0.1) is 30.1 Å². The smallest absolute Gasteiger partial charge is 0.328 e. The van der Waals surface area contributed by atoms with E-state index in [1.165, 1.54) is 10.9 Å². The number of hydrogen-bond acceptors (Lipinski definition) is 8. The van der Waals surface area contributed by atoms with E-state index in [1.807, 2.05) is 32.2 Å². The summed E-state index contributed by atoms with van der Waals surface area (Å²) in [6.45, 7) is 2.86. The maximum absolute atomic E-state index is 13.0. The van der Waals surface area contributed by atoms with E-state index in [9.17, 15) is 4.79 Å². The Morgan fingerprint density at radius 3 is 2.97 bits per heavy atom. The van der Waals surface area contributed by atoms with E-state index in [4.69, 9.17) is 19.2 Å². The third kappa shape index (κ3) is 3.10. The van der Waals surface area contributed by atoms with Crippen LogP contribution in [0, 0.1) is 0 Å². The minimum atomic E-state index is -0.268. The highest BCUT2D eigenvalue weighted by Gasteiger charge is 2.34. The van der Waals surface area contributed by atoms with E-state index in [-0.39, 0.29) is 24.3 Å². The van der Waals surface area contributed by atoms with Gasteiger partial charge in [-0.25, -0.2) is 19.3 Å². The van der Waals surface area contributed by atoms with Gasteiger partial charge in [-0.05, 0) is 37.5 Å². The number of fused-ring (bicyclic) bond motifs is 6. The highest BCUT2D eigenvalue weighted by Crippen LogP contribution is 2.42. The summed E-state index contributed by atoms with van der Waals surface area (Å²) in [6, 6.07) is 5.49. The first-order valence-electron chi connectivity index (χ1n) is 10.8. The Balaban J connectivity index is 1.52. The molecule has 3 aromatic rings. The number of anilines is 3. The van der Waals surface area contributed by atoms with E-state index >= 15 is 0 Å². The van der Waals surface area contributed by atoms with Crippen molar-refractivity contribution in [3.05, 3.63) is 30.1 Å². The van der Waals surface area contributed by atoms with Gasteiger partial charge in [0.2, 0.25) is 0 Å². The predicted molar refractivity (Wildman–Crippen MR) is 118 cm³/mol. The fourth-order valence-electron chi connectivity index (χ4n) is 4.30. The third-order valence-electron chi connectivity index (χ3n) is 6.15. The standard InChI is InChI=1S/C22H24N6O4/c1-11-8-30-17-6-12-5-15(20(17)32-11)25-18-7-14(23-2)19-21(27-18)28(10-24-19)22(29)26-13-3-4-16(13)31-9-12/h5-7,10-11,13,16H,3-4,8-9H2,1-2H3,(H,26,29)(H2,23,25,27)/t11-,13+,16+/m0/s1. The van der Waals surface area contributed by atoms with E-state index in [2.05, 4.69) is 20.9 Å². The molecule has 10 heteroatoms. The van der Waals surface area contributed by atoms with Crippen LogP contribution in [-0.2, 0) is 11.3 Å². The first-order valence-corrected chi connectivity index (χ1v) is 10.8. The van der Waals surface area contributed by atoms with Crippen molar-refractivity contribution in [3.63, 3.8) is 0 Å². The molecule has 0 saturated heterocycles. The molecule has 1 saturated carbocycles. The van der Waals surface area contributed by atoms with Gasteiger partial charge in [-0.15, -0.1) is 0 Å². The van der Waals surface area contributed by atoms with Crippen molar-refractivity contribution in [2.45, 2.75) is 44.6 Å². The second-order valence-corrected chi connectivity index (χ2v) is 8.41. The molecule has 2 aliphatic heterocycles. The van der Waals surface area contributed by atoms with Crippen molar-refractivity contribution in [1.29, 1.82) is 0 Å². The van der Waals surface area contributed by atoms with Crippen LogP contribution in [0.2, 0.25) is 0 Å². The molecule has 4 bridgehead atoms. The molecule has 1 aromatic carbocycles. The number of nitrogens with one attached hydrogen (secondary N) is 3. The fraction of sp³-hybridized carbons (Fsp3) is 0.409. The molecule has 10 nitrogen and oxygen atoms in total. The molecule has 3 atom stereocenters. The highest BCUT2D eigenvalue weighted by molar-refractivity contribution is 5.94. The van der Waals surface area contributed by atoms with Crippen molar-refractivity contribution < 1.29 is 19.0 Å². The number of rotatable bonds is 1. The van der Waals surface area contributed by atoms with Crippen LogP contribution in [0.25, 0.3) is 11.2 Å². The largest absolute Gasteiger partial charge is 0.486 e. The lowest BCUT2D eigenvalue weighted by atomic mass is 9.89. The van der Waals surface area contributed by atoms with E-state index < -0.39 is 0 Å². The molecule has 32 heavy (non-hydrogen) atoms. The first-order chi connectivity index (χ1) is 15.6. The highest BCUT2D eigenvalue weighted by atomic mass is 16.6. The molecule has 6 rings (SSSR count). The molecule has 166 valence electrons. The zero-order valence-corrected chi connectivity index (χ0v) is 17.8. The molecule has 1 amide bonds. The summed E-state index contributed by atoms with van der Waals surface area (Å²) < 4.78 is 19.6. The maximum atomic E-state index is 13.0. The second-order valence-electron chi connectivity index (χ2n) is 8.41. The molecule has 0 unspecified atom stereocenters. The van der Waals surface area contributed by atoms with Crippen LogP contribution in [0.1, 0.15) is 25.3 Å². The van der Waals surface area contributed by atoms with Gasteiger partial charge in [-0.1, -0.05) is 0 Å². The SMILES string of the molecule is CNc1cc2nc3c1ncn3C(=O)N[C@@H]1CC[C@H]1OCc1cc(c3c(c1)OC[C@H](C)O3)N2. The van der Waals surface area contributed by atoms with Crippen molar-refractivity contribution in [2.24, 2.45) is 0 Å². The average Bonchev–Trinajstić information content (AvgIpc) is 3.20. The van der Waals surface area contributed by atoms with E-state index in [0.717, 1.165) is 29.8 Å². The van der Waals surface area contributed by atoms with Crippen LogP contribution in [0.4, 0.5) is 22.0 Å². The summed E-state index contributed by atoms with van der Waals surface area (Å²) in [5.74, 6) is 1.87. The molecule has 1 aliphatic carbocycles. The summed E-state index contributed by atoms with van der Waals surface area (Å²) >= 11 is 0. The van der Waals surface area contributed by atoms with Crippen LogP contribution in [0.3, 0.4) is 0 Å². The molecule has 3 aliphatic rings. The average molecular weight is 436 g/mol. The van der Waals surface area contributed by atoms with E-state index in [0.29, 0.717) is 41.7 Å². The van der Waals surface area contributed by atoms with Crippen molar-refractivity contribution in [1.82, 2.24) is 19.9 Å². The van der Waals surface area contributed by atoms with Gasteiger partial charge in [0.1, 0.15) is 30.4 Å². The van der Waals surface area contributed by atoms with Crippen molar-refractivity contribution >= 4 is 34.4 Å². The van der Waals surface area contributed by atoms with Crippen LogP contribution in [-0.4, -0.2) is 52.5 Å². The Bertz CT molecular complexity index is 1220. The number of imidazole rings is 1. The van der Waals surface area contributed by atoms with Crippen LogP contribution < -0.4 is 25.4 Å². The zero-order chi connectivity index (χ0) is 21.8. The monoisotopic (exact) mass is 436 g/mol. The van der Waals surface area contributed by atoms with Gasteiger partial charge in [0, 0.05) is 13.1 Å². The van der Waals surface area contributed by atoms with Gasteiger partial charge in [-0.3, -0.25) is 0 Å². The number of carbonyl (C=O) groups is 1. The molecular formula is C22H24N6O4. The summed E-state index contributed by atoms with van der Waals surface area (Å²) in [7, 11) is 1.81. The quantitative estimate of drug-likeness (QED) is 0.534. The van der Waals surface area contributed by atoms with Crippen molar-refractivity contribution in [2.75, 3.05) is 24.3 Å². The van der Waals surface area contributed by atoms with E-state index in [1.54, 1.807) is 0 Å². The Morgan fingerprint density at radius 1 is 1.25 bits per heavy atom. The van der Waals surface area contributed by atoms with Gasteiger partial charge in [0.25, 0.3) is 0 Å². The predicted octanol–water partition coefficient (Wildman–Crippen LogP) is 3.00. The fourth-order valence-corrected chi connectivity index (χ4v) is 4.30. The maximum Gasteiger partial charge on any atom is 0.328 e. The van der Waals surface area contributed by atoms with Crippen molar-refractivity contribution in [3.8, 4) is 11.5 Å². The van der Waals surface area contributed by atoms with Gasteiger partial charge in [0.15, 0.2) is 17.1 Å². The lowest BCUT2D eigenvalue weighted by molar-refractivity contribution is -0.0324. The molecule has 1 fully saturated rings. The molecular weight excluding hydrogens is 412 g/mol. The number of pyridine rings is 1. The second kappa shape index (κ2) is 7.27. The van der Waals surface area contributed by atoms with Gasteiger partial charge in [-0.2, -0.15) is 0 Å². The number of benzene rings is 1. The Hall–Kier alpha value is -3.53. The number of carbonyl (C=O) groups excluding carboxylic acids is 1. The number of hydrogen-bond donors (Lipinski definition) is 3. The normalized spacial score (nSPS) is 24.1. The molecule has 4 heterocycles. The summed E-state index contributed by atoms with van der Waals surface area (Å²) in [5, 5.41) is 9.56. The van der Waals surface area contributed by atoms with Gasteiger partial charge >= 0.3 is 6.03 Å². The minimum absolute atomic E-state index is 0.0438. The molecule has 0 spiro atoms. The zero-order valence-electron chi connectivity index (χ0n) is 17.8. The summed E-state index contributed by atoms with van der Waals surface area (Å²) in [4.78, 5) is 22.1. The number of nitrogens with zero attached hydrogens (tertiary/aromatic N) is 3. The topological polar surface area (TPSA) is 112 Å². The number of aromatic nitrogens is 3. The first kappa shape index (κ1) is 19.2. The minimum Gasteiger partial charge on any atom is -0.486 e. The Kier molecular flexibility index (Phi) is 4.35. The summed E-state index contributed by atoms with van der Waals surface area (Å²) in [5.41, 5.74) is 3.53. The lowest BCUT2D eigenvalue weighted by Gasteiger charge is -2.37. The molecule has 0 radical (unpaired) electrons. The number of ether oxygens (including phenoxy) is 3. The summed E-state index contributed by atoms with van der Waals surface area (Å²) in [6.07, 6.45) is 3.15. The van der Waals surface area contributed by atoms with Crippen LogP contribution in [0.15, 0.2) is 24.5 Å². The van der Waals surface area contributed by atoms with Crippen LogP contribution >= 0.6 is 0 Å². The Morgan fingerprint density at radius 2 is 2.16 bits per heavy atom.